The number of rotatable bonds is 2. The van der Waals surface area contributed by atoms with Crippen LogP contribution in [0.5, 0.6) is 0 Å². The van der Waals surface area contributed by atoms with Gasteiger partial charge < -0.3 is 0 Å². The highest BCUT2D eigenvalue weighted by Crippen LogP contribution is 2.11. The molecule has 70 valence electrons. The summed E-state index contributed by atoms with van der Waals surface area (Å²) in [6, 6.07) is 15.1. The summed E-state index contributed by atoms with van der Waals surface area (Å²) in [5.74, 6) is 0. The van der Waals surface area contributed by atoms with E-state index < -0.39 is 8.80 Å². The summed E-state index contributed by atoms with van der Waals surface area (Å²) in [5.41, 5.74) is 2.13. The molecule has 1 unspecified atom stereocenters. The van der Waals surface area contributed by atoms with Crippen molar-refractivity contribution in [2.75, 3.05) is 0 Å². The fourth-order valence-electron chi connectivity index (χ4n) is 1.77. The van der Waals surface area contributed by atoms with Gasteiger partial charge in [0, 0.05) is 0 Å². The first kappa shape index (κ1) is 9.22. The van der Waals surface area contributed by atoms with Gasteiger partial charge in [-0.2, -0.15) is 0 Å². The van der Waals surface area contributed by atoms with Gasteiger partial charge in [-0.25, -0.2) is 0 Å². The largest absolute Gasteiger partial charge is 0.107 e. The Labute approximate surface area is 86.5 Å². The van der Waals surface area contributed by atoms with Crippen molar-refractivity contribution in [1.29, 1.82) is 0 Å². The second-order valence-electron chi connectivity index (χ2n) is 3.59. The molecule has 2 aromatic rings. The number of fused-ring (bicyclic) bond motifs is 1. The summed E-state index contributed by atoms with van der Waals surface area (Å²) < 4.78 is 0. The molecule has 0 fully saturated rings. The molecule has 0 bridgehead atoms. The van der Waals surface area contributed by atoms with Crippen LogP contribution in [0.3, 0.4) is 0 Å². The van der Waals surface area contributed by atoms with E-state index in [0.717, 1.165) is 0 Å². The van der Waals surface area contributed by atoms with E-state index in [-0.39, 0.29) is 0 Å². The lowest BCUT2D eigenvalue weighted by Crippen LogP contribution is -2.24. The molecule has 0 aliphatic rings. The first-order valence-electron chi connectivity index (χ1n) is 4.93. The fourth-order valence-corrected chi connectivity index (χ4v) is 3.20. The van der Waals surface area contributed by atoms with Crippen LogP contribution in [-0.4, -0.2) is 8.80 Å². The van der Waals surface area contributed by atoms with Crippen LogP contribution in [0, 0.1) is 0 Å². The first-order valence-corrected chi connectivity index (χ1v) is 7.33. The third kappa shape index (κ3) is 1.51. The molecule has 0 amide bonds. The van der Waals surface area contributed by atoms with Gasteiger partial charge in [-0.15, -0.1) is 12.3 Å². The van der Waals surface area contributed by atoms with Crippen molar-refractivity contribution in [1.82, 2.24) is 0 Å². The van der Waals surface area contributed by atoms with Crippen LogP contribution in [0.4, 0.5) is 0 Å². The molecule has 0 N–H and O–H groups in total. The molecule has 0 radical (unpaired) electrons. The first-order chi connectivity index (χ1) is 6.83. The number of benzene rings is 2. The predicted molar refractivity (Wildman–Crippen MR) is 66.8 cm³/mol. The van der Waals surface area contributed by atoms with Crippen molar-refractivity contribution in [3.8, 4) is 0 Å². The molecule has 0 spiro atoms. The second-order valence-corrected chi connectivity index (χ2v) is 6.26. The van der Waals surface area contributed by atoms with Crippen LogP contribution < -0.4 is 5.19 Å². The minimum Gasteiger partial charge on any atom is -0.107 e. The zero-order valence-corrected chi connectivity index (χ0v) is 9.56. The highest BCUT2D eigenvalue weighted by molar-refractivity contribution is 6.78. The Morgan fingerprint density at radius 1 is 1.07 bits per heavy atom. The zero-order chi connectivity index (χ0) is 9.97. The Balaban J connectivity index is 2.70. The van der Waals surface area contributed by atoms with Crippen LogP contribution >= 0.6 is 0 Å². The van der Waals surface area contributed by atoms with E-state index in [4.69, 9.17) is 0 Å². The number of hydrogen-bond donors (Lipinski definition) is 0. The molecule has 1 heteroatoms. The van der Waals surface area contributed by atoms with Crippen LogP contribution in [0.25, 0.3) is 10.8 Å². The van der Waals surface area contributed by atoms with Gasteiger partial charge in [-0.3, -0.25) is 0 Å². The van der Waals surface area contributed by atoms with Crippen LogP contribution in [-0.2, 0) is 0 Å². The normalized spacial score (nSPS) is 12.6. The Hall–Kier alpha value is -1.34. The highest BCUT2D eigenvalue weighted by Gasteiger charge is 2.05. The van der Waals surface area contributed by atoms with Gasteiger partial charge in [0.1, 0.15) is 0 Å². The minimum absolute atomic E-state index is 0.926. The molecule has 0 nitrogen and oxygen atoms in total. The van der Waals surface area contributed by atoms with Gasteiger partial charge in [-0.1, -0.05) is 54.2 Å². The van der Waals surface area contributed by atoms with Gasteiger partial charge in [0.2, 0.25) is 0 Å². The van der Waals surface area contributed by atoms with Gasteiger partial charge in [0.25, 0.3) is 0 Å². The van der Waals surface area contributed by atoms with E-state index in [1.165, 1.54) is 16.0 Å². The summed E-state index contributed by atoms with van der Waals surface area (Å²) in [4.78, 5) is 0. The lowest BCUT2D eigenvalue weighted by atomic mass is 10.1. The maximum absolute atomic E-state index is 3.91. The van der Waals surface area contributed by atoms with Crippen molar-refractivity contribution in [2.24, 2.45) is 0 Å². The molecule has 0 saturated heterocycles. The quantitative estimate of drug-likeness (QED) is 0.651. The average molecular weight is 198 g/mol. The lowest BCUT2D eigenvalue weighted by Gasteiger charge is -2.08. The molecule has 0 heterocycles. The predicted octanol–water partition coefficient (Wildman–Crippen LogP) is 2.63. The highest BCUT2D eigenvalue weighted by atomic mass is 28.3. The van der Waals surface area contributed by atoms with Gasteiger partial charge >= 0.3 is 0 Å². The monoisotopic (exact) mass is 198 g/mol. The molecule has 0 aliphatic heterocycles. The Bertz CT molecular complexity index is 454. The van der Waals surface area contributed by atoms with Crippen molar-refractivity contribution in [3.05, 3.63) is 54.7 Å². The Kier molecular flexibility index (Phi) is 2.51. The summed E-state index contributed by atoms with van der Waals surface area (Å²) in [6.45, 7) is 6.22. The molecule has 0 saturated carbocycles. The maximum atomic E-state index is 3.91. The summed E-state index contributed by atoms with van der Waals surface area (Å²) >= 11 is 0. The molecule has 2 rings (SSSR count). The molecule has 2 aromatic carbocycles. The van der Waals surface area contributed by atoms with E-state index in [1.807, 2.05) is 0 Å². The van der Waals surface area contributed by atoms with Crippen LogP contribution in [0.15, 0.2) is 54.7 Å². The Morgan fingerprint density at radius 3 is 2.57 bits per heavy atom. The van der Waals surface area contributed by atoms with Crippen molar-refractivity contribution in [2.45, 2.75) is 6.55 Å². The standard InChI is InChI=1S/C13H14Si/c1-3-14(2)13-10-6-8-11-7-4-5-9-12(11)13/h3-10,14H,1H2,2H3. The SMILES string of the molecule is C=C[SiH](C)c1cccc2ccccc12. The van der Waals surface area contributed by atoms with E-state index in [0.29, 0.717) is 0 Å². The van der Waals surface area contributed by atoms with Crippen LogP contribution in [0.2, 0.25) is 6.55 Å². The van der Waals surface area contributed by atoms with E-state index in [9.17, 15) is 0 Å². The average Bonchev–Trinajstić information content (AvgIpc) is 2.27. The van der Waals surface area contributed by atoms with E-state index in [2.05, 4.69) is 61.3 Å². The topological polar surface area (TPSA) is 0 Å². The Morgan fingerprint density at radius 2 is 1.79 bits per heavy atom. The summed E-state index contributed by atoms with van der Waals surface area (Å²) in [5, 5.41) is 4.23. The van der Waals surface area contributed by atoms with Crippen molar-refractivity contribution < 1.29 is 0 Å². The third-order valence-electron chi connectivity index (χ3n) is 2.67. The third-order valence-corrected chi connectivity index (χ3v) is 4.86. The number of hydrogen-bond acceptors (Lipinski definition) is 0. The second kappa shape index (κ2) is 3.80. The summed E-state index contributed by atoms with van der Waals surface area (Å²) in [6.07, 6.45) is 0. The smallest absolute Gasteiger partial charge is 0.0911 e. The molecule has 1 atom stereocenters. The maximum Gasteiger partial charge on any atom is 0.0911 e. The molecular weight excluding hydrogens is 184 g/mol. The van der Waals surface area contributed by atoms with Crippen molar-refractivity contribution in [3.63, 3.8) is 0 Å². The zero-order valence-electron chi connectivity index (χ0n) is 8.40. The van der Waals surface area contributed by atoms with Crippen molar-refractivity contribution >= 4 is 24.8 Å². The lowest BCUT2D eigenvalue weighted by molar-refractivity contribution is 1.77. The molecule has 0 aliphatic carbocycles. The molecular formula is C13H14Si. The van der Waals surface area contributed by atoms with E-state index >= 15 is 0 Å². The summed E-state index contributed by atoms with van der Waals surface area (Å²) in [7, 11) is -0.926. The van der Waals surface area contributed by atoms with Crippen LogP contribution in [0.1, 0.15) is 0 Å². The van der Waals surface area contributed by atoms with Gasteiger partial charge in [0.05, 0.1) is 8.80 Å². The van der Waals surface area contributed by atoms with Gasteiger partial charge in [-0.05, 0) is 10.8 Å². The fraction of sp³-hybridized carbons (Fsp3) is 0.0769. The van der Waals surface area contributed by atoms with Gasteiger partial charge in [0.15, 0.2) is 0 Å². The molecule has 14 heavy (non-hydrogen) atoms. The minimum atomic E-state index is -0.926. The van der Waals surface area contributed by atoms with E-state index in [1.54, 1.807) is 0 Å². The molecule has 0 aromatic heterocycles.